The van der Waals surface area contributed by atoms with Gasteiger partial charge in [-0.15, -0.1) is 0 Å². The fraction of sp³-hybridized carbons (Fsp3) is 0.179. The van der Waals surface area contributed by atoms with Gasteiger partial charge in [-0.2, -0.15) is 4.31 Å². The second-order valence-electron chi connectivity index (χ2n) is 8.59. The molecule has 4 aromatic carbocycles. The fourth-order valence-corrected chi connectivity index (χ4v) is 5.85. The maximum absolute atomic E-state index is 13.2. The first kappa shape index (κ1) is 23.1. The van der Waals surface area contributed by atoms with E-state index >= 15 is 0 Å². The van der Waals surface area contributed by atoms with Crippen LogP contribution in [0.5, 0.6) is 11.5 Å². The van der Waals surface area contributed by atoms with Crippen molar-refractivity contribution in [3.8, 4) is 11.5 Å². The number of benzene rings is 4. The minimum Gasteiger partial charge on any atom is -0.455 e. The molecule has 0 bridgehead atoms. The van der Waals surface area contributed by atoms with Gasteiger partial charge in [-0.1, -0.05) is 60.7 Å². The monoisotopic (exact) mass is 486 g/mol. The Morgan fingerprint density at radius 1 is 0.800 bits per heavy atom. The third-order valence-corrected chi connectivity index (χ3v) is 8.19. The summed E-state index contributed by atoms with van der Waals surface area (Å²) in [5.41, 5.74) is 0.590. The topological polar surface area (TPSA) is 75.7 Å². The van der Waals surface area contributed by atoms with E-state index in [0.717, 1.165) is 10.8 Å². The number of amides is 1. The highest BCUT2D eigenvalue weighted by molar-refractivity contribution is 7.89. The van der Waals surface area contributed by atoms with Crippen molar-refractivity contribution in [3.63, 3.8) is 0 Å². The minimum atomic E-state index is -3.62. The van der Waals surface area contributed by atoms with Crippen LogP contribution in [-0.4, -0.2) is 31.7 Å². The van der Waals surface area contributed by atoms with Crippen molar-refractivity contribution < 1.29 is 17.9 Å². The lowest BCUT2D eigenvalue weighted by Gasteiger charge is -2.30. The number of fused-ring (bicyclic) bond motifs is 1. The first-order valence-corrected chi connectivity index (χ1v) is 13.1. The summed E-state index contributed by atoms with van der Waals surface area (Å²) in [4.78, 5) is 13.3. The second-order valence-corrected chi connectivity index (χ2v) is 10.5. The van der Waals surface area contributed by atoms with Crippen molar-refractivity contribution in [1.82, 2.24) is 4.31 Å². The molecule has 1 amide bonds. The number of sulfonamides is 1. The number of hydrogen-bond acceptors (Lipinski definition) is 4. The van der Waals surface area contributed by atoms with Crippen LogP contribution in [0.2, 0.25) is 0 Å². The van der Waals surface area contributed by atoms with E-state index in [1.807, 2.05) is 72.8 Å². The number of anilines is 1. The van der Waals surface area contributed by atoms with Gasteiger partial charge in [0, 0.05) is 19.0 Å². The largest absolute Gasteiger partial charge is 0.455 e. The molecule has 0 unspecified atom stereocenters. The predicted molar refractivity (Wildman–Crippen MR) is 137 cm³/mol. The molecule has 0 saturated carbocycles. The smallest absolute Gasteiger partial charge is 0.243 e. The molecule has 1 aliphatic rings. The van der Waals surface area contributed by atoms with Crippen LogP contribution in [0.3, 0.4) is 0 Å². The normalized spacial score (nSPS) is 15.1. The van der Waals surface area contributed by atoms with Crippen LogP contribution in [0.15, 0.2) is 102 Å². The quantitative estimate of drug-likeness (QED) is 0.381. The molecular formula is C28H26N2O4S. The van der Waals surface area contributed by atoms with Crippen LogP contribution in [0.25, 0.3) is 10.8 Å². The maximum Gasteiger partial charge on any atom is 0.243 e. The van der Waals surface area contributed by atoms with Crippen molar-refractivity contribution in [2.24, 2.45) is 5.92 Å². The first-order chi connectivity index (χ1) is 17.0. The van der Waals surface area contributed by atoms with Crippen LogP contribution in [0.4, 0.5) is 5.69 Å². The zero-order chi connectivity index (χ0) is 24.3. The van der Waals surface area contributed by atoms with Gasteiger partial charge in [-0.25, -0.2) is 8.42 Å². The third kappa shape index (κ3) is 5.06. The fourth-order valence-electron chi connectivity index (χ4n) is 4.34. The Hall–Kier alpha value is -3.68. The highest BCUT2D eigenvalue weighted by Gasteiger charge is 2.32. The van der Waals surface area contributed by atoms with Crippen molar-refractivity contribution in [2.75, 3.05) is 18.4 Å². The summed E-state index contributed by atoms with van der Waals surface area (Å²) < 4.78 is 33.9. The first-order valence-electron chi connectivity index (χ1n) is 11.6. The highest BCUT2D eigenvalue weighted by atomic mass is 32.2. The minimum absolute atomic E-state index is 0.128. The summed E-state index contributed by atoms with van der Waals surface area (Å²) in [6.07, 6.45) is 0.917. The molecule has 6 nitrogen and oxygen atoms in total. The van der Waals surface area contributed by atoms with Crippen molar-refractivity contribution in [1.29, 1.82) is 0 Å². The van der Waals surface area contributed by atoms with E-state index < -0.39 is 10.0 Å². The van der Waals surface area contributed by atoms with Gasteiger partial charge in [0.2, 0.25) is 15.9 Å². The molecular weight excluding hydrogens is 460 g/mol. The molecule has 5 rings (SSSR count). The molecule has 1 saturated heterocycles. The predicted octanol–water partition coefficient (Wildman–Crippen LogP) is 5.67. The standard InChI is InChI=1S/C28H26N2O4S/c31-28(29-26-12-6-7-13-27(26)34-24-10-2-1-3-11-24)22-16-18-30(19-17-22)35(32,33)25-15-14-21-8-4-5-9-23(21)20-25/h1-15,20,22H,16-19H2,(H,29,31). The van der Waals surface area contributed by atoms with Crippen LogP contribution < -0.4 is 10.1 Å². The lowest BCUT2D eigenvalue weighted by atomic mass is 9.97. The number of para-hydroxylation sites is 3. The molecule has 1 fully saturated rings. The van der Waals surface area contributed by atoms with Gasteiger partial charge in [0.05, 0.1) is 10.6 Å². The van der Waals surface area contributed by atoms with Gasteiger partial charge in [0.15, 0.2) is 5.75 Å². The molecule has 4 aromatic rings. The number of rotatable bonds is 6. The summed E-state index contributed by atoms with van der Waals surface area (Å²) in [5, 5.41) is 4.86. The van der Waals surface area contributed by atoms with E-state index in [9.17, 15) is 13.2 Å². The molecule has 0 radical (unpaired) electrons. The number of piperidine rings is 1. The van der Waals surface area contributed by atoms with E-state index in [-0.39, 0.29) is 16.7 Å². The molecule has 1 heterocycles. The Kier molecular flexibility index (Phi) is 6.53. The van der Waals surface area contributed by atoms with E-state index in [1.54, 1.807) is 24.3 Å². The number of nitrogens with one attached hydrogen (secondary N) is 1. The Balaban J connectivity index is 1.24. The SMILES string of the molecule is O=C(Nc1ccccc1Oc1ccccc1)C1CCN(S(=O)(=O)c2ccc3ccccc3c2)CC1. The van der Waals surface area contributed by atoms with Crippen molar-refractivity contribution >= 4 is 32.4 Å². The van der Waals surface area contributed by atoms with E-state index in [4.69, 9.17) is 4.74 Å². The Labute approximate surface area is 205 Å². The zero-order valence-corrected chi connectivity index (χ0v) is 19.9. The summed E-state index contributed by atoms with van der Waals surface area (Å²) in [7, 11) is -3.62. The van der Waals surface area contributed by atoms with Gasteiger partial charge in [0.1, 0.15) is 5.75 Å². The number of ether oxygens (including phenoxy) is 1. The van der Waals surface area contributed by atoms with Crippen molar-refractivity contribution in [2.45, 2.75) is 17.7 Å². The lowest BCUT2D eigenvalue weighted by molar-refractivity contribution is -0.120. The van der Waals surface area contributed by atoms with E-state index in [0.29, 0.717) is 43.1 Å². The van der Waals surface area contributed by atoms with Crippen LogP contribution >= 0.6 is 0 Å². The second kappa shape index (κ2) is 9.90. The van der Waals surface area contributed by atoms with Gasteiger partial charge in [-0.3, -0.25) is 4.79 Å². The van der Waals surface area contributed by atoms with E-state index in [2.05, 4.69) is 5.32 Å². The zero-order valence-electron chi connectivity index (χ0n) is 19.1. The van der Waals surface area contributed by atoms with Gasteiger partial charge < -0.3 is 10.1 Å². The molecule has 1 N–H and O–H groups in total. The third-order valence-electron chi connectivity index (χ3n) is 6.30. The number of carbonyl (C=O) groups excluding carboxylic acids is 1. The van der Waals surface area contributed by atoms with Crippen molar-refractivity contribution in [3.05, 3.63) is 97.1 Å². The van der Waals surface area contributed by atoms with Gasteiger partial charge in [0.25, 0.3) is 0 Å². The average Bonchev–Trinajstić information content (AvgIpc) is 2.90. The number of carbonyl (C=O) groups is 1. The molecule has 1 aliphatic heterocycles. The molecule has 0 aromatic heterocycles. The van der Waals surface area contributed by atoms with Crippen LogP contribution in [-0.2, 0) is 14.8 Å². The highest BCUT2D eigenvalue weighted by Crippen LogP contribution is 2.31. The molecule has 178 valence electrons. The summed E-state index contributed by atoms with van der Waals surface area (Å²) in [6, 6.07) is 29.6. The summed E-state index contributed by atoms with van der Waals surface area (Å²) in [5.74, 6) is 0.837. The van der Waals surface area contributed by atoms with Gasteiger partial charge in [-0.05, 0) is 60.0 Å². The summed E-state index contributed by atoms with van der Waals surface area (Å²) in [6.45, 7) is 0.602. The van der Waals surface area contributed by atoms with Gasteiger partial charge >= 0.3 is 0 Å². The number of hydrogen-bond donors (Lipinski definition) is 1. The molecule has 0 aliphatic carbocycles. The average molecular weight is 487 g/mol. The Bertz CT molecular complexity index is 1450. The van der Waals surface area contributed by atoms with Crippen LogP contribution in [0, 0.1) is 5.92 Å². The lowest BCUT2D eigenvalue weighted by Crippen LogP contribution is -2.41. The summed E-state index contributed by atoms with van der Waals surface area (Å²) >= 11 is 0. The molecule has 7 heteroatoms. The Morgan fingerprint density at radius 3 is 2.23 bits per heavy atom. The van der Waals surface area contributed by atoms with E-state index in [1.165, 1.54) is 4.31 Å². The molecule has 0 spiro atoms. The van der Waals surface area contributed by atoms with Crippen LogP contribution in [0.1, 0.15) is 12.8 Å². The molecule has 35 heavy (non-hydrogen) atoms. The Morgan fingerprint density at radius 2 is 1.46 bits per heavy atom. The molecule has 0 atom stereocenters. The maximum atomic E-state index is 13.2. The number of nitrogens with zero attached hydrogens (tertiary/aromatic N) is 1.